The van der Waals surface area contributed by atoms with Crippen molar-refractivity contribution in [2.45, 2.75) is 118 Å². The smallest absolute Gasteiger partial charge is 0.306 e. The predicted molar refractivity (Wildman–Crippen MR) is 133 cm³/mol. The van der Waals surface area contributed by atoms with Crippen molar-refractivity contribution >= 4 is 5.97 Å². The molecular formula is C30H48O3. The van der Waals surface area contributed by atoms with E-state index in [2.05, 4.69) is 47.6 Å². The van der Waals surface area contributed by atoms with Crippen molar-refractivity contribution in [1.82, 2.24) is 0 Å². The number of carbonyl (C=O) groups is 1. The Hall–Kier alpha value is -0.830. The third-order valence-corrected chi connectivity index (χ3v) is 13.0. The summed E-state index contributed by atoms with van der Waals surface area (Å²) in [6.45, 7) is 13.9. The summed E-state index contributed by atoms with van der Waals surface area (Å²) >= 11 is 0. The van der Waals surface area contributed by atoms with Gasteiger partial charge in [0.15, 0.2) is 0 Å². The summed E-state index contributed by atoms with van der Waals surface area (Å²) in [7, 11) is 0. The summed E-state index contributed by atoms with van der Waals surface area (Å²) in [6.07, 6.45) is 14.6. The quantitative estimate of drug-likeness (QED) is 0.429. The van der Waals surface area contributed by atoms with Crippen molar-refractivity contribution in [3.05, 3.63) is 11.6 Å². The van der Waals surface area contributed by atoms with Crippen molar-refractivity contribution in [1.29, 1.82) is 0 Å². The van der Waals surface area contributed by atoms with E-state index in [0.29, 0.717) is 22.7 Å². The second-order valence-electron chi connectivity index (χ2n) is 14.3. The predicted octanol–water partition coefficient (Wildman–Crippen LogP) is 7.23. The SMILES string of the molecule is CC(C)=CCCC(C(=O)O)C1CCC2(C)C3CCC4C(C)(C)C(O)CCC45CC35CCC12C. The fourth-order valence-corrected chi connectivity index (χ4v) is 11.1. The zero-order valence-corrected chi connectivity index (χ0v) is 22.0. The molecule has 33 heavy (non-hydrogen) atoms. The highest BCUT2D eigenvalue weighted by Crippen LogP contribution is 2.89. The number of aliphatic carboxylic acids is 1. The minimum atomic E-state index is -0.567. The first-order chi connectivity index (χ1) is 15.4. The zero-order valence-electron chi connectivity index (χ0n) is 22.0. The summed E-state index contributed by atoms with van der Waals surface area (Å²) in [4.78, 5) is 12.5. The van der Waals surface area contributed by atoms with Crippen LogP contribution in [0.2, 0.25) is 0 Å². The van der Waals surface area contributed by atoms with Gasteiger partial charge in [-0.15, -0.1) is 0 Å². The van der Waals surface area contributed by atoms with Crippen molar-refractivity contribution in [3.8, 4) is 0 Å². The fourth-order valence-electron chi connectivity index (χ4n) is 11.1. The molecule has 0 amide bonds. The van der Waals surface area contributed by atoms with Crippen molar-refractivity contribution in [2.75, 3.05) is 0 Å². The molecule has 0 aliphatic heterocycles. The Balaban J connectivity index is 1.44. The Morgan fingerprint density at radius 1 is 0.909 bits per heavy atom. The normalized spacial score (nSPS) is 50.3. The van der Waals surface area contributed by atoms with Gasteiger partial charge >= 0.3 is 5.97 Å². The molecule has 0 aromatic heterocycles. The Morgan fingerprint density at radius 2 is 1.58 bits per heavy atom. The Labute approximate surface area is 201 Å². The highest BCUT2D eigenvalue weighted by molar-refractivity contribution is 5.70. The maximum absolute atomic E-state index is 12.5. The van der Waals surface area contributed by atoms with Gasteiger partial charge in [-0.25, -0.2) is 0 Å². The molecule has 0 radical (unpaired) electrons. The summed E-state index contributed by atoms with van der Waals surface area (Å²) in [5.41, 5.74) is 2.64. The lowest BCUT2D eigenvalue weighted by Crippen LogP contribution is -2.57. The molecular weight excluding hydrogens is 408 g/mol. The van der Waals surface area contributed by atoms with E-state index < -0.39 is 5.97 Å². The number of rotatable bonds is 5. The van der Waals surface area contributed by atoms with Gasteiger partial charge in [-0.3, -0.25) is 4.79 Å². The van der Waals surface area contributed by atoms with Crippen molar-refractivity contribution in [3.63, 3.8) is 0 Å². The van der Waals surface area contributed by atoms with Crippen molar-refractivity contribution in [2.24, 2.45) is 50.7 Å². The molecule has 0 saturated heterocycles. The first-order valence-electron chi connectivity index (χ1n) is 13.9. The van der Waals surface area contributed by atoms with Gasteiger partial charge in [0.05, 0.1) is 12.0 Å². The molecule has 3 heteroatoms. The number of aliphatic hydroxyl groups excluding tert-OH is 1. The molecule has 5 aliphatic rings. The highest BCUT2D eigenvalue weighted by atomic mass is 16.4. The van der Waals surface area contributed by atoms with Gasteiger partial charge in [0.1, 0.15) is 0 Å². The molecule has 186 valence electrons. The highest BCUT2D eigenvalue weighted by Gasteiger charge is 2.82. The lowest BCUT2D eigenvalue weighted by Gasteiger charge is -2.63. The summed E-state index contributed by atoms with van der Waals surface area (Å²) in [5, 5.41) is 21.1. The fraction of sp³-hybridized carbons (Fsp3) is 0.900. The molecule has 3 nitrogen and oxygen atoms in total. The molecule has 2 N–H and O–H groups in total. The number of hydrogen-bond donors (Lipinski definition) is 2. The topological polar surface area (TPSA) is 57.5 Å². The summed E-state index contributed by atoms with van der Waals surface area (Å²) in [6, 6.07) is 0. The number of carboxylic acids is 1. The molecule has 5 aliphatic carbocycles. The lowest BCUT2D eigenvalue weighted by molar-refractivity contribution is -0.167. The maximum atomic E-state index is 12.5. The van der Waals surface area contributed by atoms with E-state index in [4.69, 9.17) is 0 Å². The molecule has 2 spiro atoms. The van der Waals surface area contributed by atoms with Crippen LogP contribution in [0.25, 0.3) is 0 Å². The molecule has 5 saturated carbocycles. The Morgan fingerprint density at radius 3 is 2.24 bits per heavy atom. The molecule has 9 unspecified atom stereocenters. The number of fused-ring (bicyclic) bond motifs is 2. The van der Waals surface area contributed by atoms with Gasteiger partial charge in [-0.1, -0.05) is 39.3 Å². The number of allylic oxidation sites excluding steroid dienone is 2. The Kier molecular flexibility index (Phi) is 5.31. The van der Waals surface area contributed by atoms with Gasteiger partial charge in [0, 0.05) is 0 Å². The van der Waals surface area contributed by atoms with E-state index in [-0.39, 0.29) is 28.3 Å². The number of aliphatic hydroxyl groups is 1. The average molecular weight is 457 g/mol. The standard InChI is InChI=1S/C30H48O3/c1-19(2)8-7-9-20(25(32)33)21-12-14-28(6)23-11-10-22-26(3,4)24(31)13-15-29(22)18-30(23,29)17-16-27(21,28)5/h8,20-24,31H,7,9-18H2,1-6H3,(H,32,33). The van der Waals surface area contributed by atoms with E-state index in [9.17, 15) is 15.0 Å². The summed E-state index contributed by atoms with van der Waals surface area (Å²) in [5.74, 6) is 0.923. The van der Waals surface area contributed by atoms with Crippen LogP contribution < -0.4 is 0 Å². The third-order valence-electron chi connectivity index (χ3n) is 13.0. The summed E-state index contributed by atoms with van der Waals surface area (Å²) < 4.78 is 0. The van der Waals surface area contributed by atoms with Gasteiger partial charge in [-0.2, -0.15) is 0 Å². The largest absolute Gasteiger partial charge is 0.481 e. The van der Waals surface area contributed by atoms with Gasteiger partial charge in [-0.05, 0) is 129 Å². The maximum Gasteiger partial charge on any atom is 0.306 e. The van der Waals surface area contributed by atoms with Crippen LogP contribution in [0.4, 0.5) is 0 Å². The minimum absolute atomic E-state index is 0.0336. The Bertz CT molecular complexity index is 855. The van der Waals surface area contributed by atoms with Gasteiger partial charge < -0.3 is 10.2 Å². The van der Waals surface area contributed by atoms with Gasteiger partial charge in [0.2, 0.25) is 0 Å². The van der Waals surface area contributed by atoms with Crippen LogP contribution in [0.5, 0.6) is 0 Å². The molecule has 0 aromatic rings. The number of carboxylic acid groups (broad SMARTS) is 1. The van der Waals surface area contributed by atoms with Crippen LogP contribution in [0.15, 0.2) is 11.6 Å². The number of hydrogen-bond acceptors (Lipinski definition) is 2. The van der Waals surface area contributed by atoms with Crippen molar-refractivity contribution < 1.29 is 15.0 Å². The van der Waals surface area contributed by atoms with E-state index >= 15 is 0 Å². The van der Waals surface area contributed by atoms with Crippen LogP contribution in [0.3, 0.4) is 0 Å². The van der Waals surface area contributed by atoms with Crippen LogP contribution in [0.1, 0.15) is 112 Å². The van der Waals surface area contributed by atoms with Crippen LogP contribution in [-0.2, 0) is 4.79 Å². The molecule has 5 fully saturated rings. The molecule has 0 bridgehead atoms. The first kappa shape index (κ1) is 23.9. The van der Waals surface area contributed by atoms with Crippen LogP contribution in [-0.4, -0.2) is 22.3 Å². The molecule has 9 atom stereocenters. The second-order valence-corrected chi connectivity index (χ2v) is 14.3. The average Bonchev–Trinajstić information content (AvgIpc) is 3.32. The third kappa shape index (κ3) is 2.93. The second kappa shape index (κ2) is 7.34. The van der Waals surface area contributed by atoms with Crippen LogP contribution >= 0.6 is 0 Å². The van der Waals surface area contributed by atoms with E-state index in [1.165, 1.54) is 50.5 Å². The minimum Gasteiger partial charge on any atom is -0.481 e. The lowest BCUT2D eigenvalue weighted by atomic mass is 9.41. The van der Waals surface area contributed by atoms with E-state index in [1.54, 1.807) is 0 Å². The molecule has 0 aromatic carbocycles. The molecule has 5 rings (SSSR count). The zero-order chi connectivity index (χ0) is 24.0. The molecule has 0 heterocycles. The monoisotopic (exact) mass is 456 g/mol. The van der Waals surface area contributed by atoms with E-state index in [0.717, 1.165) is 31.6 Å². The van der Waals surface area contributed by atoms with Crippen LogP contribution in [0, 0.1) is 50.7 Å². The van der Waals surface area contributed by atoms with E-state index in [1.807, 2.05) is 0 Å². The first-order valence-corrected chi connectivity index (χ1v) is 13.9. The van der Waals surface area contributed by atoms with Gasteiger partial charge in [0.25, 0.3) is 0 Å².